The Morgan fingerprint density at radius 1 is 1.06 bits per heavy atom. The minimum Gasteiger partial charge on any atom is -0.335 e. The van der Waals surface area contributed by atoms with Gasteiger partial charge < -0.3 is 9.64 Å². The van der Waals surface area contributed by atoms with E-state index in [1.807, 2.05) is 0 Å². The monoisotopic (exact) mass is 253 g/mol. The molecule has 0 amide bonds. The van der Waals surface area contributed by atoms with Crippen LogP contribution in [0.2, 0.25) is 0 Å². The van der Waals surface area contributed by atoms with Crippen LogP contribution in [0, 0.1) is 0 Å². The van der Waals surface area contributed by atoms with Crippen molar-refractivity contribution in [2.24, 2.45) is 0 Å². The van der Waals surface area contributed by atoms with Crippen molar-refractivity contribution in [3.8, 4) is 0 Å². The van der Waals surface area contributed by atoms with Crippen molar-refractivity contribution in [1.82, 2.24) is 4.90 Å². The highest BCUT2D eigenvalue weighted by atomic mass is 19.4. The molecule has 0 radical (unpaired) electrons. The van der Waals surface area contributed by atoms with E-state index in [1.165, 1.54) is 0 Å². The Morgan fingerprint density at radius 3 is 1.88 bits per heavy atom. The van der Waals surface area contributed by atoms with Gasteiger partial charge in [0.15, 0.2) is 0 Å². The average Bonchev–Trinajstić information content (AvgIpc) is 2.12. The number of hydrogen-bond acceptors (Lipinski definition) is 2. The van der Waals surface area contributed by atoms with Crippen LogP contribution in [0.4, 0.5) is 30.7 Å². The van der Waals surface area contributed by atoms with Gasteiger partial charge >= 0.3 is 6.18 Å². The maximum Gasteiger partial charge on any atom is 0.447 e. The van der Waals surface area contributed by atoms with Gasteiger partial charge in [0.2, 0.25) is 18.7 Å². The number of morpholine rings is 1. The van der Waals surface area contributed by atoms with Gasteiger partial charge in [0.25, 0.3) is 5.83 Å². The molecule has 1 aliphatic heterocycles. The van der Waals surface area contributed by atoms with E-state index in [0.29, 0.717) is 0 Å². The Bertz CT molecular complexity index is 279. The number of alkyl halides is 5. The third-order valence-electron chi connectivity index (χ3n) is 1.73. The van der Waals surface area contributed by atoms with Gasteiger partial charge in [0, 0.05) is 0 Å². The zero-order chi connectivity index (χ0) is 12.5. The molecule has 2 unspecified atom stereocenters. The first kappa shape index (κ1) is 13.1. The normalized spacial score (nSPS) is 29.1. The largest absolute Gasteiger partial charge is 0.447 e. The molecule has 0 saturated carbocycles. The molecule has 1 fully saturated rings. The molecule has 16 heavy (non-hydrogen) atoms. The van der Waals surface area contributed by atoms with Gasteiger partial charge in [-0.15, -0.1) is 0 Å². The lowest BCUT2D eigenvalue weighted by atomic mass is 10.4. The molecule has 2 nitrogen and oxygen atoms in total. The quantitative estimate of drug-likeness (QED) is 0.526. The molecule has 0 bridgehead atoms. The maximum atomic E-state index is 12.8. The Labute approximate surface area is 85.3 Å². The summed E-state index contributed by atoms with van der Waals surface area (Å²) in [6, 6.07) is 0. The topological polar surface area (TPSA) is 12.5 Å². The van der Waals surface area contributed by atoms with E-state index in [1.54, 1.807) is 0 Å². The second-order valence-corrected chi connectivity index (χ2v) is 2.96. The molecule has 94 valence electrons. The van der Waals surface area contributed by atoms with Crippen molar-refractivity contribution in [2.75, 3.05) is 13.1 Å². The lowest BCUT2D eigenvalue weighted by molar-refractivity contribution is -0.189. The van der Waals surface area contributed by atoms with Crippen LogP contribution in [0.25, 0.3) is 0 Å². The van der Waals surface area contributed by atoms with Crippen LogP contribution in [-0.2, 0) is 4.74 Å². The molecular formula is C7H6F7NO. The highest BCUT2D eigenvalue weighted by molar-refractivity contribution is 5.05. The van der Waals surface area contributed by atoms with Gasteiger partial charge in [0.1, 0.15) is 0 Å². The fourth-order valence-corrected chi connectivity index (χ4v) is 1.08. The van der Waals surface area contributed by atoms with Crippen LogP contribution >= 0.6 is 0 Å². The van der Waals surface area contributed by atoms with E-state index >= 15 is 0 Å². The summed E-state index contributed by atoms with van der Waals surface area (Å²) in [5.74, 6) is -5.37. The van der Waals surface area contributed by atoms with E-state index in [-0.39, 0.29) is 4.90 Å². The first-order chi connectivity index (χ1) is 7.21. The fourth-order valence-electron chi connectivity index (χ4n) is 1.08. The maximum absolute atomic E-state index is 12.8. The molecule has 0 N–H and O–H groups in total. The first-order valence-electron chi connectivity index (χ1n) is 4.03. The van der Waals surface area contributed by atoms with Crippen molar-refractivity contribution < 1.29 is 35.5 Å². The fraction of sp³-hybridized carbons (Fsp3) is 0.714. The second kappa shape index (κ2) is 4.48. The molecule has 2 atom stereocenters. The third kappa shape index (κ3) is 3.00. The van der Waals surface area contributed by atoms with Crippen LogP contribution in [0.15, 0.2) is 11.8 Å². The Morgan fingerprint density at radius 2 is 1.50 bits per heavy atom. The molecule has 1 saturated heterocycles. The molecule has 0 aromatic rings. The van der Waals surface area contributed by atoms with Crippen molar-refractivity contribution in [3.63, 3.8) is 0 Å². The molecule has 1 rings (SSSR count). The number of halogens is 7. The van der Waals surface area contributed by atoms with Crippen molar-refractivity contribution in [1.29, 1.82) is 0 Å². The summed E-state index contributed by atoms with van der Waals surface area (Å²) in [6.45, 7) is -2.01. The van der Waals surface area contributed by atoms with Crippen LogP contribution in [0.3, 0.4) is 0 Å². The predicted molar refractivity (Wildman–Crippen MR) is 37.7 cm³/mol. The number of nitrogens with zero attached hydrogens (tertiary/aromatic N) is 1. The lowest BCUT2D eigenvalue weighted by Gasteiger charge is -2.31. The van der Waals surface area contributed by atoms with Gasteiger partial charge in [-0.3, -0.25) is 0 Å². The van der Waals surface area contributed by atoms with E-state index in [2.05, 4.69) is 4.74 Å². The SMILES string of the molecule is F/C(=C(/F)C(F)(F)F)N1CC(F)OC(F)C1. The highest BCUT2D eigenvalue weighted by Gasteiger charge is 2.41. The summed E-state index contributed by atoms with van der Waals surface area (Å²) in [6.07, 6.45) is -10.1. The van der Waals surface area contributed by atoms with Crippen LogP contribution in [-0.4, -0.2) is 36.9 Å². The number of ether oxygens (including phenoxy) is 1. The number of allylic oxidation sites excluding steroid dienone is 1. The van der Waals surface area contributed by atoms with Gasteiger partial charge in [-0.25, -0.2) is 8.78 Å². The molecular weight excluding hydrogens is 247 g/mol. The Kier molecular flexibility index (Phi) is 3.66. The molecule has 9 heteroatoms. The molecule has 1 heterocycles. The lowest BCUT2D eigenvalue weighted by Crippen LogP contribution is -2.43. The van der Waals surface area contributed by atoms with E-state index < -0.39 is 43.8 Å². The first-order valence-corrected chi connectivity index (χ1v) is 4.03. The van der Waals surface area contributed by atoms with Gasteiger partial charge in [0.05, 0.1) is 13.1 Å². The van der Waals surface area contributed by atoms with E-state index in [0.717, 1.165) is 0 Å². The summed E-state index contributed by atoms with van der Waals surface area (Å²) >= 11 is 0. The number of hydrogen-bond donors (Lipinski definition) is 0. The zero-order valence-corrected chi connectivity index (χ0v) is 7.57. The van der Waals surface area contributed by atoms with Gasteiger partial charge in [-0.2, -0.15) is 22.0 Å². The number of rotatable bonds is 1. The van der Waals surface area contributed by atoms with Crippen molar-refractivity contribution in [3.05, 3.63) is 11.8 Å². The van der Waals surface area contributed by atoms with E-state index in [4.69, 9.17) is 0 Å². The minimum atomic E-state index is -5.53. The van der Waals surface area contributed by atoms with Crippen molar-refractivity contribution >= 4 is 0 Å². The summed E-state index contributed by atoms with van der Waals surface area (Å²) in [5, 5.41) is 0. The van der Waals surface area contributed by atoms with Crippen LogP contribution < -0.4 is 0 Å². The summed E-state index contributed by atoms with van der Waals surface area (Å²) in [7, 11) is 0. The Balaban J connectivity index is 2.84. The molecule has 0 aromatic carbocycles. The standard InChI is InChI=1S/C7H6F7NO/c8-3-1-15(2-4(9)16-3)6(11)5(10)7(12,13)14/h3-4H,1-2H2/b6-5-. The molecule has 1 aliphatic rings. The summed E-state index contributed by atoms with van der Waals surface area (Å²) < 4.78 is 89.3. The zero-order valence-electron chi connectivity index (χ0n) is 7.57. The third-order valence-corrected chi connectivity index (χ3v) is 1.73. The van der Waals surface area contributed by atoms with Crippen molar-refractivity contribution in [2.45, 2.75) is 18.9 Å². The average molecular weight is 253 g/mol. The summed E-state index contributed by atoms with van der Waals surface area (Å²) in [4.78, 5) is -0.0400. The second-order valence-electron chi connectivity index (χ2n) is 2.96. The molecule has 0 spiro atoms. The molecule has 0 aromatic heterocycles. The van der Waals surface area contributed by atoms with Gasteiger partial charge in [-0.05, 0) is 0 Å². The minimum absolute atomic E-state index is 0.0400. The molecule has 0 aliphatic carbocycles. The smallest absolute Gasteiger partial charge is 0.335 e. The predicted octanol–water partition coefficient (Wildman–Crippen LogP) is 2.58. The van der Waals surface area contributed by atoms with Crippen LogP contribution in [0.1, 0.15) is 0 Å². The Hall–Kier alpha value is -0.990. The van der Waals surface area contributed by atoms with Crippen LogP contribution in [0.5, 0.6) is 0 Å². The van der Waals surface area contributed by atoms with Gasteiger partial charge in [-0.1, -0.05) is 0 Å². The summed E-state index contributed by atoms with van der Waals surface area (Å²) in [5.41, 5.74) is 0. The highest BCUT2D eigenvalue weighted by Crippen LogP contribution is 2.32. The van der Waals surface area contributed by atoms with E-state index in [9.17, 15) is 30.7 Å².